The Morgan fingerprint density at radius 3 is 2.74 bits per heavy atom. The number of carbonyl (C=O) groups excluding carboxylic acids is 1. The van der Waals surface area contributed by atoms with Crippen LogP contribution in [0.2, 0.25) is 0 Å². The van der Waals surface area contributed by atoms with Crippen LogP contribution in [0.1, 0.15) is 10.4 Å². The molecule has 0 unspecified atom stereocenters. The van der Waals surface area contributed by atoms with Crippen molar-refractivity contribution in [3.63, 3.8) is 0 Å². The maximum Gasteiger partial charge on any atom is 0.255 e. The molecule has 3 rings (SSSR count). The molecule has 0 saturated heterocycles. The highest BCUT2D eigenvalue weighted by atomic mass is 16.4. The fourth-order valence-corrected chi connectivity index (χ4v) is 1.59. The topological polar surface area (TPSA) is 96.7 Å². The molecule has 2 heterocycles. The minimum absolute atomic E-state index is 0.210. The summed E-state index contributed by atoms with van der Waals surface area (Å²) in [6.45, 7) is 0. The zero-order valence-corrected chi connectivity index (χ0v) is 9.70. The molecule has 7 nitrogen and oxygen atoms in total. The maximum atomic E-state index is 11.9. The minimum Gasteiger partial charge on any atom is -0.423 e. The lowest BCUT2D eigenvalue weighted by atomic mass is 10.1. The maximum absolute atomic E-state index is 11.9. The monoisotopic (exact) mass is 255 g/mol. The van der Waals surface area contributed by atoms with Gasteiger partial charge in [0.15, 0.2) is 0 Å². The van der Waals surface area contributed by atoms with E-state index in [1.807, 2.05) is 0 Å². The summed E-state index contributed by atoms with van der Waals surface area (Å²) in [6.07, 6.45) is 4.39. The lowest BCUT2D eigenvalue weighted by Crippen LogP contribution is -2.11. The van der Waals surface area contributed by atoms with Gasteiger partial charge in [0.25, 0.3) is 5.91 Å². The third kappa shape index (κ3) is 2.34. The van der Waals surface area contributed by atoms with Gasteiger partial charge in [-0.1, -0.05) is 0 Å². The molecule has 0 fully saturated rings. The SMILES string of the molecule is O=C(Nc1cn[nH]c1)c1ccc(-c2nnco2)cc1. The van der Waals surface area contributed by atoms with Crippen LogP contribution >= 0.6 is 0 Å². The molecule has 3 aromatic rings. The van der Waals surface area contributed by atoms with Crippen molar-refractivity contribution in [3.8, 4) is 11.5 Å². The van der Waals surface area contributed by atoms with Crippen LogP contribution in [0.3, 0.4) is 0 Å². The average molecular weight is 255 g/mol. The molecule has 7 heteroatoms. The molecule has 2 aromatic heterocycles. The second-order valence-electron chi connectivity index (χ2n) is 3.76. The van der Waals surface area contributed by atoms with Crippen LogP contribution in [0.25, 0.3) is 11.5 Å². The van der Waals surface area contributed by atoms with Crippen molar-refractivity contribution in [2.75, 3.05) is 5.32 Å². The van der Waals surface area contributed by atoms with Gasteiger partial charge >= 0.3 is 0 Å². The highest BCUT2D eigenvalue weighted by Gasteiger charge is 2.08. The Kier molecular flexibility index (Phi) is 2.77. The first kappa shape index (κ1) is 11.1. The van der Waals surface area contributed by atoms with E-state index in [0.29, 0.717) is 17.1 Å². The predicted molar refractivity (Wildman–Crippen MR) is 66.3 cm³/mol. The van der Waals surface area contributed by atoms with Gasteiger partial charge in [-0.15, -0.1) is 10.2 Å². The fraction of sp³-hybridized carbons (Fsp3) is 0. The Morgan fingerprint density at radius 2 is 2.11 bits per heavy atom. The van der Waals surface area contributed by atoms with Gasteiger partial charge in [-0.25, -0.2) is 0 Å². The van der Waals surface area contributed by atoms with E-state index in [1.165, 1.54) is 12.6 Å². The summed E-state index contributed by atoms with van der Waals surface area (Å²) in [5, 5.41) is 16.5. The third-order valence-corrected chi connectivity index (χ3v) is 2.51. The smallest absolute Gasteiger partial charge is 0.255 e. The summed E-state index contributed by atoms with van der Waals surface area (Å²) >= 11 is 0. The van der Waals surface area contributed by atoms with Gasteiger partial charge in [-0.05, 0) is 24.3 Å². The molecule has 0 bridgehead atoms. The molecule has 0 atom stereocenters. The molecule has 19 heavy (non-hydrogen) atoms. The van der Waals surface area contributed by atoms with Crippen LogP contribution in [-0.2, 0) is 0 Å². The Bertz CT molecular complexity index is 659. The molecule has 2 N–H and O–H groups in total. The summed E-state index contributed by atoms with van der Waals surface area (Å²) in [7, 11) is 0. The van der Waals surface area contributed by atoms with Gasteiger partial charge in [0.1, 0.15) is 0 Å². The number of H-pyrrole nitrogens is 1. The molecular formula is C12H9N5O2. The van der Waals surface area contributed by atoms with Crippen LogP contribution in [0.15, 0.2) is 47.5 Å². The number of amides is 1. The van der Waals surface area contributed by atoms with Crippen LogP contribution in [-0.4, -0.2) is 26.3 Å². The molecule has 1 aromatic carbocycles. The summed E-state index contributed by atoms with van der Waals surface area (Å²) in [5.41, 5.74) is 1.91. The Labute approximate surface area is 107 Å². The second kappa shape index (κ2) is 4.73. The minimum atomic E-state index is -0.210. The molecule has 0 aliphatic rings. The lowest BCUT2D eigenvalue weighted by molar-refractivity contribution is 0.102. The van der Waals surface area contributed by atoms with E-state index in [0.717, 1.165) is 5.56 Å². The van der Waals surface area contributed by atoms with Crippen molar-refractivity contribution >= 4 is 11.6 Å². The summed E-state index contributed by atoms with van der Waals surface area (Å²) in [5.74, 6) is 0.209. The van der Waals surface area contributed by atoms with E-state index >= 15 is 0 Å². The summed E-state index contributed by atoms with van der Waals surface area (Å²) in [4.78, 5) is 11.9. The molecule has 0 spiro atoms. The van der Waals surface area contributed by atoms with E-state index in [9.17, 15) is 4.79 Å². The Balaban J connectivity index is 1.77. The molecule has 94 valence electrons. The summed E-state index contributed by atoms with van der Waals surface area (Å²) < 4.78 is 5.07. The standard InChI is InChI=1S/C12H9N5O2/c18-11(16-10-5-13-14-6-10)8-1-3-9(4-2-8)12-17-15-7-19-12/h1-7H,(H,13,14)(H,16,18). The third-order valence-electron chi connectivity index (χ3n) is 2.51. The van der Waals surface area contributed by atoms with Crippen molar-refractivity contribution < 1.29 is 9.21 Å². The molecule has 1 amide bonds. The van der Waals surface area contributed by atoms with E-state index in [4.69, 9.17) is 4.42 Å². The number of anilines is 1. The molecule has 0 aliphatic carbocycles. The van der Waals surface area contributed by atoms with E-state index < -0.39 is 0 Å². The normalized spacial score (nSPS) is 10.3. The number of aromatic amines is 1. The van der Waals surface area contributed by atoms with Gasteiger partial charge < -0.3 is 9.73 Å². The predicted octanol–water partition coefficient (Wildman–Crippen LogP) is 1.71. The fourth-order valence-electron chi connectivity index (χ4n) is 1.59. The number of hydrogen-bond acceptors (Lipinski definition) is 5. The van der Waals surface area contributed by atoms with Gasteiger partial charge in [-0.3, -0.25) is 9.89 Å². The van der Waals surface area contributed by atoms with Crippen molar-refractivity contribution in [1.82, 2.24) is 20.4 Å². The van der Waals surface area contributed by atoms with Crippen LogP contribution in [0, 0.1) is 0 Å². The number of nitrogens with one attached hydrogen (secondary N) is 2. The number of nitrogens with zero attached hydrogens (tertiary/aromatic N) is 3. The molecule has 0 aliphatic heterocycles. The van der Waals surface area contributed by atoms with Crippen LogP contribution < -0.4 is 5.32 Å². The number of rotatable bonds is 3. The van der Waals surface area contributed by atoms with Gasteiger partial charge in [0.05, 0.1) is 11.9 Å². The number of hydrogen-bond donors (Lipinski definition) is 2. The van der Waals surface area contributed by atoms with Crippen molar-refractivity contribution in [2.24, 2.45) is 0 Å². The first-order valence-corrected chi connectivity index (χ1v) is 5.49. The molecular weight excluding hydrogens is 246 g/mol. The first-order valence-electron chi connectivity index (χ1n) is 5.49. The van der Waals surface area contributed by atoms with Crippen LogP contribution in [0.5, 0.6) is 0 Å². The van der Waals surface area contributed by atoms with Gasteiger partial charge in [0.2, 0.25) is 12.3 Å². The zero-order chi connectivity index (χ0) is 13.1. The highest BCUT2D eigenvalue weighted by molar-refractivity contribution is 6.04. The number of aromatic nitrogens is 4. The second-order valence-corrected chi connectivity index (χ2v) is 3.76. The van der Waals surface area contributed by atoms with Crippen molar-refractivity contribution in [1.29, 1.82) is 0 Å². The molecule has 0 saturated carbocycles. The van der Waals surface area contributed by atoms with E-state index in [1.54, 1.807) is 30.5 Å². The highest BCUT2D eigenvalue weighted by Crippen LogP contribution is 2.17. The molecule has 0 radical (unpaired) electrons. The Morgan fingerprint density at radius 1 is 1.26 bits per heavy atom. The quantitative estimate of drug-likeness (QED) is 0.742. The van der Waals surface area contributed by atoms with E-state index in [-0.39, 0.29) is 5.91 Å². The van der Waals surface area contributed by atoms with Gasteiger partial charge in [-0.2, -0.15) is 5.10 Å². The van der Waals surface area contributed by atoms with E-state index in [2.05, 4.69) is 25.7 Å². The van der Waals surface area contributed by atoms with Crippen molar-refractivity contribution in [2.45, 2.75) is 0 Å². The zero-order valence-electron chi connectivity index (χ0n) is 9.70. The van der Waals surface area contributed by atoms with Crippen LogP contribution in [0.4, 0.5) is 5.69 Å². The largest absolute Gasteiger partial charge is 0.423 e. The average Bonchev–Trinajstić information content (AvgIpc) is 3.12. The summed E-state index contributed by atoms with van der Waals surface area (Å²) in [6, 6.07) is 6.87. The number of benzene rings is 1. The lowest BCUT2D eigenvalue weighted by Gasteiger charge is -2.02. The Hall–Kier alpha value is -2.96. The van der Waals surface area contributed by atoms with Gasteiger partial charge in [0, 0.05) is 17.3 Å². The first-order chi connectivity index (χ1) is 9.33. The number of carbonyl (C=O) groups is 1. The van der Waals surface area contributed by atoms with Crippen molar-refractivity contribution in [3.05, 3.63) is 48.6 Å².